The SMILES string of the molecule is N#CC1=C(N)SC(N)=C(C#N)C1c1ccc(F)c(F)c1. The Morgan fingerprint density at radius 2 is 1.55 bits per heavy atom. The zero-order valence-corrected chi connectivity index (χ0v) is 10.8. The molecular weight excluding hydrogens is 282 g/mol. The zero-order valence-electron chi connectivity index (χ0n) is 10.0. The summed E-state index contributed by atoms with van der Waals surface area (Å²) in [5, 5.41) is 18.7. The van der Waals surface area contributed by atoms with Crippen molar-refractivity contribution >= 4 is 11.8 Å². The molecule has 0 bridgehead atoms. The third kappa shape index (κ3) is 2.20. The van der Waals surface area contributed by atoms with E-state index in [-0.39, 0.29) is 26.8 Å². The molecule has 0 amide bonds. The molecule has 0 saturated heterocycles. The van der Waals surface area contributed by atoms with Gasteiger partial charge in [0.2, 0.25) is 0 Å². The highest BCUT2D eigenvalue weighted by molar-refractivity contribution is 8.06. The van der Waals surface area contributed by atoms with E-state index in [1.807, 2.05) is 12.1 Å². The van der Waals surface area contributed by atoms with Crippen LogP contribution in [-0.2, 0) is 0 Å². The number of halogens is 2. The molecule has 1 aromatic carbocycles. The first-order valence-corrected chi connectivity index (χ1v) is 6.23. The Bertz CT molecular complexity index is 689. The van der Waals surface area contributed by atoms with Crippen LogP contribution in [0.2, 0.25) is 0 Å². The van der Waals surface area contributed by atoms with E-state index in [0.717, 1.165) is 23.9 Å². The van der Waals surface area contributed by atoms with Gasteiger partial charge < -0.3 is 11.5 Å². The van der Waals surface area contributed by atoms with Gasteiger partial charge >= 0.3 is 0 Å². The summed E-state index contributed by atoms with van der Waals surface area (Å²) in [7, 11) is 0. The van der Waals surface area contributed by atoms with Crippen LogP contribution in [0.1, 0.15) is 11.5 Å². The Labute approximate surface area is 118 Å². The number of rotatable bonds is 1. The molecule has 0 atom stereocenters. The molecule has 100 valence electrons. The van der Waals surface area contributed by atoms with Gasteiger partial charge in [0, 0.05) is 0 Å². The molecule has 1 aliphatic rings. The molecular formula is C13H8F2N4S. The molecule has 1 aliphatic heterocycles. The summed E-state index contributed by atoms with van der Waals surface area (Å²) >= 11 is 0.914. The fourth-order valence-corrected chi connectivity index (χ4v) is 2.71. The van der Waals surface area contributed by atoms with E-state index in [1.165, 1.54) is 6.07 Å². The standard InChI is InChI=1S/C13H8F2N4S/c14-9-2-1-6(3-10(9)15)11-7(4-16)12(18)20-13(19)8(11)5-17/h1-3,11H,18-19H2. The van der Waals surface area contributed by atoms with Crippen molar-refractivity contribution in [2.45, 2.75) is 5.92 Å². The molecule has 0 fully saturated rings. The second-order valence-electron chi connectivity index (χ2n) is 3.99. The predicted molar refractivity (Wildman–Crippen MR) is 70.3 cm³/mol. The van der Waals surface area contributed by atoms with Crippen molar-refractivity contribution in [2.75, 3.05) is 0 Å². The summed E-state index contributed by atoms with van der Waals surface area (Å²) in [5.74, 6) is -2.95. The maximum Gasteiger partial charge on any atom is 0.159 e. The summed E-state index contributed by atoms with van der Waals surface area (Å²) < 4.78 is 26.3. The number of nitrogens with zero attached hydrogens (tertiary/aromatic N) is 2. The summed E-state index contributed by atoms with van der Waals surface area (Å²) in [6.45, 7) is 0. The third-order valence-corrected chi connectivity index (χ3v) is 3.73. The molecule has 20 heavy (non-hydrogen) atoms. The van der Waals surface area contributed by atoms with Crippen molar-refractivity contribution in [1.29, 1.82) is 10.5 Å². The van der Waals surface area contributed by atoms with Crippen LogP contribution in [0.3, 0.4) is 0 Å². The van der Waals surface area contributed by atoms with Crippen LogP contribution < -0.4 is 11.5 Å². The number of allylic oxidation sites excluding steroid dienone is 2. The number of nitrogens with two attached hydrogens (primary N) is 2. The van der Waals surface area contributed by atoms with Crippen molar-refractivity contribution in [1.82, 2.24) is 0 Å². The van der Waals surface area contributed by atoms with Gasteiger partial charge in [-0.3, -0.25) is 0 Å². The molecule has 0 spiro atoms. The van der Waals surface area contributed by atoms with Crippen LogP contribution >= 0.6 is 11.8 Å². The molecule has 1 heterocycles. The predicted octanol–water partition coefficient (Wildman–Crippen LogP) is 2.18. The second-order valence-corrected chi connectivity index (χ2v) is 5.07. The summed E-state index contributed by atoms with van der Waals surface area (Å²) in [6.07, 6.45) is 0. The van der Waals surface area contributed by atoms with Crippen molar-refractivity contribution < 1.29 is 8.78 Å². The van der Waals surface area contributed by atoms with Crippen LogP contribution in [0.5, 0.6) is 0 Å². The number of hydrogen-bond donors (Lipinski definition) is 2. The summed E-state index contributed by atoms with van der Waals surface area (Å²) in [6, 6.07) is 6.96. The molecule has 1 aromatic rings. The van der Waals surface area contributed by atoms with E-state index < -0.39 is 17.6 Å². The van der Waals surface area contributed by atoms with Crippen LogP contribution in [0, 0.1) is 34.3 Å². The van der Waals surface area contributed by atoms with Gasteiger partial charge in [-0.2, -0.15) is 10.5 Å². The highest BCUT2D eigenvalue weighted by atomic mass is 32.2. The number of hydrogen-bond acceptors (Lipinski definition) is 5. The maximum atomic E-state index is 13.3. The monoisotopic (exact) mass is 290 g/mol. The van der Waals surface area contributed by atoms with E-state index in [4.69, 9.17) is 11.5 Å². The van der Waals surface area contributed by atoms with Gasteiger partial charge in [0.05, 0.1) is 39.3 Å². The lowest BCUT2D eigenvalue weighted by Crippen LogP contribution is -2.18. The molecule has 0 saturated carbocycles. The average Bonchev–Trinajstić information content (AvgIpc) is 2.41. The van der Waals surface area contributed by atoms with Crippen molar-refractivity contribution in [3.05, 3.63) is 56.6 Å². The average molecular weight is 290 g/mol. The highest BCUT2D eigenvalue weighted by Gasteiger charge is 2.31. The lowest BCUT2D eigenvalue weighted by molar-refractivity contribution is 0.507. The van der Waals surface area contributed by atoms with E-state index in [2.05, 4.69) is 0 Å². The van der Waals surface area contributed by atoms with E-state index in [1.54, 1.807) is 0 Å². The Hall–Kier alpha value is -2.51. The lowest BCUT2D eigenvalue weighted by Gasteiger charge is -2.23. The first kappa shape index (κ1) is 13.9. The fraction of sp³-hybridized carbons (Fsp3) is 0.0769. The fourth-order valence-electron chi connectivity index (χ4n) is 1.92. The molecule has 0 aromatic heterocycles. The minimum absolute atomic E-state index is 0.103. The largest absolute Gasteiger partial charge is 0.392 e. The minimum Gasteiger partial charge on any atom is -0.392 e. The highest BCUT2D eigenvalue weighted by Crippen LogP contribution is 2.42. The Balaban J connectivity index is 2.66. The second kappa shape index (κ2) is 5.24. The number of benzene rings is 1. The summed E-state index contributed by atoms with van der Waals surface area (Å²) in [5.41, 5.74) is 11.9. The van der Waals surface area contributed by atoms with Gasteiger partial charge in [-0.05, 0) is 17.7 Å². The lowest BCUT2D eigenvalue weighted by atomic mass is 9.86. The molecule has 0 radical (unpaired) electrons. The Kier molecular flexibility index (Phi) is 3.64. The van der Waals surface area contributed by atoms with Crippen molar-refractivity contribution in [2.24, 2.45) is 11.5 Å². The molecule has 7 heteroatoms. The first-order valence-electron chi connectivity index (χ1n) is 5.41. The maximum absolute atomic E-state index is 13.3. The van der Waals surface area contributed by atoms with Gasteiger partial charge in [0.1, 0.15) is 0 Å². The Morgan fingerprint density at radius 3 is 2.00 bits per heavy atom. The molecule has 4 nitrogen and oxygen atoms in total. The number of thioether (sulfide) groups is 1. The van der Waals surface area contributed by atoms with E-state index in [9.17, 15) is 19.3 Å². The van der Waals surface area contributed by atoms with Gasteiger partial charge in [-0.15, -0.1) is 0 Å². The van der Waals surface area contributed by atoms with Gasteiger partial charge in [-0.25, -0.2) is 8.78 Å². The smallest absolute Gasteiger partial charge is 0.159 e. The van der Waals surface area contributed by atoms with E-state index >= 15 is 0 Å². The zero-order chi connectivity index (χ0) is 14.9. The minimum atomic E-state index is -1.06. The van der Waals surface area contributed by atoms with Crippen LogP contribution in [0.25, 0.3) is 0 Å². The normalized spacial score (nSPS) is 16.0. The third-order valence-electron chi connectivity index (χ3n) is 2.85. The summed E-state index contributed by atoms with van der Waals surface area (Å²) in [4.78, 5) is 0. The van der Waals surface area contributed by atoms with Crippen LogP contribution in [0.4, 0.5) is 8.78 Å². The van der Waals surface area contributed by atoms with Gasteiger partial charge in [0.15, 0.2) is 11.6 Å². The van der Waals surface area contributed by atoms with Crippen molar-refractivity contribution in [3.8, 4) is 12.1 Å². The molecule has 4 N–H and O–H groups in total. The van der Waals surface area contributed by atoms with Crippen LogP contribution in [-0.4, -0.2) is 0 Å². The van der Waals surface area contributed by atoms with Crippen LogP contribution in [0.15, 0.2) is 39.4 Å². The molecule has 0 unspecified atom stereocenters. The van der Waals surface area contributed by atoms with E-state index in [0.29, 0.717) is 0 Å². The number of nitriles is 2. The topological polar surface area (TPSA) is 99.6 Å². The first-order chi connectivity index (χ1) is 9.49. The molecule has 0 aliphatic carbocycles. The van der Waals surface area contributed by atoms with Gasteiger partial charge in [-0.1, -0.05) is 17.8 Å². The van der Waals surface area contributed by atoms with Crippen molar-refractivity contribution in [3.63, 3.8) is 0 Å². The quantitative estimate of drug-likeness (QED) is 0.825. The molecule has 2 rings (SSSR count). The Morgan fingerprint density at radius 1 is 1.00 bits per heavy atom. The van der Waals surface area contributed by atoms with Gasteiger partial charge in [0.25, 0.3) is 0 Å².